The lowest BCUT2D eigenvalue weighted by molar-refractivity contribution is -0.130. The third kappa shape index (κ3) is 4.82. The molecule has 0 unspecified atom stereocenters. The summed E-state index contributed by atoms with van der Waals surface area (Å²) in [6.45, 7) is 8.70. The van der Waals surface area contributed by atoms with Gasteiger partial charge >= 0.3 is 0 Å². The highest BCUT2D eigenvalue weighted by atomic mass is 16.2. The number of rotatable bonds is 4. The zero-order valence-corrected chi connectivity index (χ0v) is 7.76. The molecule has 0 heterocycles. The van der Waals surface area contributed by atoms with Gasteiger partial charge in [0.25, 0.3) is 0 Å². The SMILES string of the molecule is [CH2]CCC(=O)N(C)CC(C)C. The van der Waals surface area contributed by atoms with Crippen molar-refractivity contribution in [2.75, 3.05) is 13.6 Å². The molecule has 0 aliphatic carbocycles. The summed E-state index contributed by atoms with van der Waals surface area (Å²) in [5.74, 6) is 0.752. The Morgan fingerprint density at radius 2 is 2.09 bits per heavy atom. The summed E-state index contributed by atoms with van der Waals surface area (Å²) in [6, 6.07) is 0. The normalized spacial score (nSPS) is 10.3. The molecule has 0 aliphatic rings. The maximum atomic E-state index is 11.2. The Balaban J connectivity index is 3.64. The van der Waals surface area contributed by atoms with Crippen LogP contribution in [0.1, 0.15) is 26.7 Å². The zero-order chi connectivity index (χ0) is 8.85. The van der Waals surface area contributed by atoms with Gasteiger partial charge < -0.3 is 4.90 Å². The average molecular weight is 156 g/mol. The molecule has 0 N–H and O–H groups in total. The van der Waals surface area contributed by atoms with E-state index in [4.69, 9.17) is 0 Å². The van der Waals surface area contributed by atoms with E-state index in [1.54, 1.807) is 4.90 Å². The highest BCUT2D eigenvalue weighted by molar-refractivity contribution is 5.75. The first-order valence-corrected chi connectivity index (χ1v) is 4.11. The van der Waals surface area contributed by atoms with Crippen molar-refractivity contribution in [3.05, 3.63) is 6.92 Å². The molecule has 0 saturated carbocycles. The second-order valence-corrected chi connectivity index (χ2v) is 3.27. The van der Waals surface area contributed by atoms with Crippen LogP contribution in [0.5, 0.6) is 0 Å². The van der Waals surface area contributed by atoms with Crippen LogP contribution in [0, 0.1) is 12.8 Å². The molecule has 1 amide bonds. The molecule has 65 valence electrons. The molecule has 0 aromatic carbocycles. The van der Waals surface area contributed by atoms with Crippen molar-refractivity contribution in [1.29, 1.82) is 0 Å². The summed E-state index contributed by atoms with van der Waals surface area (Å²) in [5.41, 5.74) is 0. The number of carbonyl (C=O) groups is 1. The molecule has 0 aromatic heterocycles. The Morgan fingerprint density at radius 1 is 1.55 bits per heavy atom. The van der Waals surface area contributed by atoms with Gasteiger partial charge in [-0.05, 0) is 12.3 Å². The highest BCUT2D eigenvalue weighted by Gasteiger charge is 2.07. The van der Waals surface area contributed by atoms with Gasteiger partial charge in [-0.2, -0.15) is 0 Å². The lowest BCUT2D eigenvalue weighted by atomic mass is 10.2. The van der Waals surface area contributed by atoms with Crippen LogP contribution < -0.4 is 0 Å². The second-order valence-electron chi connectivity index (χ2n) is 3.27. The van der Waals surface area contributed by atoms with E-state index in [0.717, 1.165) is 6.54 Å². The van der Waals surface area contributed by atoms with Gasteiger partial charge in [-0.25, -0.2) is 0 Å². The Labute approximate surface area is 69.6 Å². The molecule has 0 fully saturated rings. The van der Waals surface area contributed by atoms with Crippen LogP contribution >= 0.6 is 0 Å². The summed E-state index contributed by atoms with van der Waals surface area (Å²) in [5, 5.41) is 0. The molecule has 0 atom stereocenters. The van der Waals surface area contributed by atoms with Gasteiger partial charge in [-0.15, -0.1) is 0 Å². The molecular formula is C9H18NO. The fourth-order valence-corrected chi connectivity index (χ4v) is 0.992. The average Bonchev–Trinajstić information content (AvgIpc) is 1.86. The lowest BCUT2D eigenvalue weighted by Crippen LogP contribution is -2.29. The standard InChI is InChI=1S/C9H18NO/c1-5-6-9(11)10(4)7-8(2)3/h8H,1,5-7H2,2-4H3. The van der Waals surface area contributed by atoms with E-state index < -0.39 is 0 Å². The molecule has 0 bridgehead atoms. The van der Waals surface area contributed by atoms with Crippen LogP contribution in [0.2, 0.25) is 0 Å². The van der Waals surface area contributed by atoms with Crippen molar-refractivity contribution in [3.63, 3.8) is 0 Å². The van der Waals surface area contributed by atoms with Gasteiger partial charge in [0.15, 0.2) is 0 Å². The Bertz CT molecular complexity index is 121. The van der Waals surface area contributed by atoms with Gasteiger partial charge in [0.05, 0.1) is 0 Å². The lowest BCUT2D eigenvalue weighted by Gasteiger charge is -2.18. The van der Waals surface area contributed by atoms with E-state index in [0.29, 0.717) is 18.8 Å². The number of nitrogens with zero attached hydrogens (tertiary/aromatic N) is 1. The van der Waals surface area contributed by atoms with Crippen LogP contribution in [0.15, 0.2) is 0 Å². The number of amides is 1. The van der Waals surface area contributed by atoms with E-state index >= 15 is 0 Å². The van der Waals surface area contributed by atoms with Crippen LogP contribution in [0.4, 0.5) is 0 Å². The second kappa shape index (κ2) is 5.16. The topological polar surface area (TPSA) is 20.3 Å². The minimum absolute atomic E-state index is 0.203. The minimum atomic E-state index is 0.203. The molecule has 2 nitrogen and oxygen atoms in total. The molecule has 0 spiro atoms. The predicted octanol–water partition coefficient (Wildman–Crippen LogP) is 1.72. The van der Waals surface area contributed by atoms with Gasteiger partial charge in [-0.3, -0.25) is 4.79 Å². The molecular weight excluding hydrogens is 138 g/mol. The fourth-order valence-electron chi connectivity index (χ4n) is 0.992. The zero-order valence-electron chi connectivity index (χ0n) is 7.76. The summed E-state index contributed by atoms with van der Waals surface area (Å²) >= 11 is 0. The molecule has 0 aromatic rings. The first-order valence-electron chi connectivity index (χ1n) is 4.11. The van der Waals surface area contributed by atoms with Crippen molar-refractivity contribution in [2.45, 2.75) is 26.7 Å². The molecule has 2 heteroatoms. The van der Waals surface area contributed by atoms with Crippen LogP contribution in [0.3, 0.4) is 0 Å². The van der Waals surface area contributed by atoms with E-state index in [-0.39, 0.29) is 5.91 Å². The molecule has 0 aliphatic heterocycles. The van der Waals surface area contributed by atoms with Gasteiger partial charge in [-0.1, -0.05) is 20.8 Å². The summed E-state index contributed by atoms with van der Waals surface area (Å²) < 4.78 is 0. The molecule has 1 radical (unpaired) electrons. The van der Waals surface area contributed by atoms with Gasteiger partial charge in [0.1, 0.15) is 0 Å². The summed E-state index contributed by atoms with van der Waals surface area (Å²) in [7, 11) is 1.85. The number of hydrogen-bond acceptors (Lipinski definition) is 1. The maximum Gasteiger partial charge on any atom is 0.222 e. The fraction of sp³-hybridized carbons (Fsp3) is 0.778. The van der Waals surface area contributed by atoms with E-state index in [1.165, 1.54) is 0 Å². The smallest absolute Gasteiger partial charge is 0.222 e. The van der Waals surface area contributed by atoms with Crippen molar-refractivity contribution >= 4 is 5.91 Å². The van der Waals surface area contributed by atoms with Gasteiger partial charge in [0.2, 0.25) is 5.91 Å². The van der Waals surface area contributed by atoms with Crippen molar-refractivity contribution < 1.29 is 4.79 Å². The molecule has 11 heavy (non-hydrogen) atoms. The van der Waals surface area contributed by atoms with E-state index in [2.05, 4.69) is 20.8 Å². The quantitative estimate of drug-likeness (QED) is 0.607. The molecule has 0 rings (SSSR count). The minimum Gasteiger partial charge on any atom is -0.346 e. The predicted molar refractivity (Wildman–Crippen MR) is 47.1 cm³/mol. The largest absolute Gasteiger partial charge is 0.346 e. The Morgan fingerprint density at radius 3 is 2.45 bits per heavy atom. The van der Waals surface area contributed by atoms with Crippen LogP contribution in [-0.4, -0.2) is 24.4 Å². The highest BCUT2D eigenvalue weighted by Crippen LogP contribution is 1.99. The van der Waals surface area contributed by atoms with Crippen LogP contribution in [0.25, 0.3) is 0 Å². The molecule has 0 saturated heterocycles. The summed E-state index contributed by atoms with van der Waals surface area (Å²) in [4.78, 5) is 12.9. The first kappa shape index (κ1) is 10.5. The van der Waals surface area contributed by atoms with Crippen molar-refractivity contribution in [1.82, 2.24) is 4.90 Å². The van der Waals surface area contributed by atoms with Crippen molar-refractivity contribution in [2.24, 2.45) is 5.92 Å². The maximum absolute atomic E-state index is 11.2. The third-order valence-corrected chi connectivity index (χ3v) is 1.46. The number of hydrogen-bond donors (Lipinski definition) is 0. The Kier molecular flexibility index (Phi) is 4.92. The summed E-state index contributed by atoms with van der Waals surface area (Å²) in [6.07, 6.45) is 1.27. The van der Waals surface area contributed by atoms with E-state index in [1.807, 2.05) is 7.05 Å². The number of carbonyl (C=O) groups excluding carboxylic acids is 1. The van der Waals surface area contributed by atoms with Gasteiger partial charge in [0, 0.05) is 20.0 Å². The monoisotopic (exact) mass is 156 g/mol. The Hall–Kier alpha value is -0.530. The van der Waals surface area contributed by atoms with E-state index in [9.17, 15) is 4.79 Å². The van der Waals surface area contributed by atoms with Crippen LogP contribution in [-0.2, 0) is 4.79 Å². The third-order valence-electron chi connectivity index (χ3n) is 1.46. The van der Waals surface area contributed by atoms with Crippen molar-refractivity contribution in [3.8, 4) is 0 Å². The first-order chi connectivity index (χ1) is 5.07.